The van der Waals surface area contributed by atoms with Gasteiger partial charge >= 0.3 is 0 Å². The number of nitrogens with zero attached hydrogens (tertiary/aromatic N) is 1. The van der Waals surface area contributed by atoms with Crippen molar-refractivity contribution in [3.05, 3.63) is 81.1 Å². The Labute approximate surface area is 183 Å². The van der Waals surface area contributed by atoms with Crippen LogP contribution in [-0.4, -0.2) is 10.9 Å². The molecule has 3 aromatic carbocycles. The predicted molar refractivity (Wildman–Crippen MR) is 122 cm³/mol. The highest BCUT2D eigenvalue weighted by atomic mass is 79.9. The van der Waals surface area contributed by atoms with Gasteiger partial charge in [-0.2, -0.15) is 0 Å². The van der Waals surface area contributed by atoms with Gasteiger partial charge in [0, 0.05) is 25.8 Å². The summed E-state index contributed by atoms with van der Waals surface area (Å²) in [4.78, 5) is 17.8. The fourth-order valence-electron chi connectivity index (χ4n) is 3.10. The molecule has 5 rings (SSSR count). The number of aromatic nitrogens is 1. The third kappa shape index (κ3) is 3.44. The third-order valence-electron chi connectivity index (χ3n) is 4.46. The Morgan fingerprint density at radius 2 is 1.93 bits per heavy atom. The normalized spacial score (nSPS) is 11.2. The highest BCUT2D eigenvalue weighted by molar-refractivity contribution is 9.10. The zero-order valence-corrected chi connectivity index (χ0v) is 17.9. The van der Waals surface area contributed by atoms with Gasteiger partial charge in [-0.1, -0.05) is 51.8 Å². The second kappa shape index (κ2) is 7.30. The molecule has 29 heavy (non-hydrogen) atoms. The van der Waals surface area contributed by atoms with E-state index in [-0.39, 0.29) is 5.91 Å². The lowest BCUT2D eigenvalue weighted by molar-refractivity contribution is 0.103. The fourth-order valence-corrected chi connectivity index (χ4v) is 4.91. The van der Waals surface area contributed by atoms with E-state index < -0.39 is 0 Å². The number of carbonyl (C=O) groups is 1. The van der Waals surface area contributed by atoms with E-state index in [1.165, 1.54) is 11.3 Å². The van der Waals surface area contributed by atoms with E-state index in [4.69, 9.17) is 16.0 Å². The van der Waals surface area contributed by atoms with Crippen LogP contribution in [0.5, 0.6) is 0 Å². The van der Waals surface area contributed by atoms with Gasteiger partial charge in [-0.3, -0.25) is 4.79 Å². The second-order valence-corrected chi connectivity index (χ2v) is 8.75. The standard InChI is InChI=1S/C22H12BrClN2O2S/c23-13-5-3-4-12(10-13)22-26-16-11-14(8-9-17(16)28-22)25-21(27)20-19(24)15-6-1-2-7-18(15)29-20/h1-11H,(H,25,27). The molecule has 0 radical (unpaired) electrons. The molecule has 0 atom stereocenters. The minimum absolute atomic E-state index is 0.244. The fraction of sp³-hybridized carbons (Fsp3) is 0. The van der Waals surface area contributed by atoms with Crippen LogP contribution in [-0.2, 0) is 0 Å². The van der Waals surface area contributed by atoms with E-state index in [0.717, 1.165) is 20.1 Å². The van der Waals surface area contributed by atoms with Gasteiger partial charge in [0.05, 0.1) is 5.02 Å². The number of thiophene rings is 1. The number of fused-ring (bicyclic) bond motifs is 2. The Kier molecular flexibility index (Phi) is 4.62. The molecular formula is C22H12BrClN2O2S. The number of nitrogens with one attached hydrogen (secondary N) is 1. The molecule has 2 aromatic heterocycles. The van der Waals surface area contributed by atoms with E-state index in [9.17, 15) is 4.79 Å². The average Bonchev–Trinajstić information content (AvgIpc) is 3.29. The summed E-state index contributed by atoms with van der Waals surface area (Å²) in [6, 6.07) is 20.8. The van der Waals surface area contributed by atoms with Crippen LogP contribution >= 0.6 is 38.9 Å². The van der Waals surface area contributed by atoms with E-state index in [2.05, 4.69) is 26.2 Å². The van der Waals surface area contributed by atoms with Crippen LogP contribution in [0.15, 0.2) is 75.6 Å². The number of hydrogen-bond donors (Lipinski definition) is 1. The van der Waals surface area contributed by atoms with Crippen molar-refractivity contribution in [1.29, 1.82) is 0 Å². The van der Waals surface area contributed by atoms with E-state index in [1.54, 1.807) is 18.2 Å². The second-order valence-electron chi connectivity index (χ2n) is 6.41. The first kappa shape index (κ1) is 18.4. The molecule has 7 heteroatoms. The molecule has 0 fully saturated rings. The number of carbonyl (C=O) groups excluding carboxylic acids is 1. The Morgan fingerprint density at radius 1 is 1.07 bits per heavy atom. The van der Waals surface area contributed by atoms with Crippen LogP contribution < -0.4 is 5.32 Å². The van der Waals surface area contributed by atoms with Crippen molar-refractivity contribution in [2.24, 2.45) is 0 Å². The van der Waals surface area contributed by atoms with Gasteiger partial charge in [0.1, 0.15) is 10.4 Å². The minimum Gasteiger partial charge on any atom is -0.436 e. The van der Waals surface area contributed by atoms with Crippen LogP contribution in [0.1, 0.15) is 9.67 Å². The summed E-state index contributed by atoms with van der Waals surface area (Å²) in [5.74, 6) is 0.281. The first-order valence-corrected chi connectivity index (χ1v) is 10.7. The molecule has 0 spiro atoms. The van der Waals surface area contributed by atoms with Crippen molar-refractivity contribution in [3.8, 4) is 11.5 Å². The van der Waals surface area contributed by atoms with Crippen LogP contribution in [0.3, 0.4) is 0 Å². The summed E-state index contributed by atoms with van der Waals surface area (Å²) in [6.45, 7) is 0. The van der Waals surface area contributed by atoms with Crippen molar-refractivity contribution < 1.29 is 9.21 Å². The van der Waals surface area contributed by atoms with Gasteiger partial charge in [-0.05, 0) is 42.5 Å². The molecule has 0 unspecified atom stereocenters. The number of rotatable bonds is 3. The predicted octanol–water partition coefficient (Wildman–Crippen LogP) is 7.38. The SMILES string of the molecule is O=C(Nc1ccc2oc(-c3cccc(Br)c3)nc2c1)c1sc2ccccc2c1Cl. The molecule has 2 heterocycles. The Morgan fingerprint density at radius 3 is 2.76 bits per heavy atom. The maximum atomic E-state index is 12.8. The highest BCUT2D eigenvalue weighted by Crippen LogP contribution is 2.36. The zero-order valence-electron chi connectivity index (χ0n) is 14.8. The first-order valence-electron chi connectivity index (χ1n) is 8.73. The summed E-state index contributed by atoms with van der Waals surface area (Å²) in [5, 5.41) is 4.27. The van der Waals surface area contributed by atoms with Gasteiger partial charge in [0.2, 0.25) is 5.89 Å². The van der Waals surface area contributed by atoms with Gasteiger partial charge in [0.25, 0.3) is 5.91 Å². The Hall–Kier alpha value is -2.67. The molecule has 5 aromatic rings. The summed E-state index contributed by atoms with van der Waals surface area (Å²) < 4.78 is 7.78. The lowest BCUT2D eigenvalue weighted by Gasteiger charge is -2.03. The first-order chi connectivity index (χ1) is 14.1. The molecule has 0 aliphatic carbocycles. The number of amides is 1. The summed E-state index contributed by atoms with van der Waals surface area (Å²) in [6.07, 6.45) is 0. The monoisotopic (exact) mass is 482 g/mol. The van der Waals surface area contributed by atoms with Gasteiger partial charge in [-0.25, -0.2) is 4.98 Å². The maximum Gasteiger partial charge on any atom is 0.267 e. The summed E-state index contributed by atoms with van der Waals surface area (Å²) in [5.41, 5.74) is 2.82. The van der Waals surface area contributed by atoms with Crippen molar-refractivity contribution in [2.75, 3.05) is 5.32 Å². The lowest BCUT2D eigenvalue weighted by atomic mass is 10.2. The molecule has 1 amide bonds. The van der Waals surface area contributed by atoms with Crippen molar-refractivity contribution in [1.82, 2.24) is 4.98 Å². The summed E-state index contributed by atoms with van der Waals surface area (Å²) >= 11 is 11.2. The molecule has 0 saturated heterocycles. The quantitative estimate of drug-likeness (QED) is 0.291. The van der Waals surface area contributed by atoms with Crippen molar-refractivity contribution >= 4 is 71.6 Å². The number of anilines is 1. The topological polar surface area (TPSA) is 55.1 Å². The van der Waals surface area contributed by atoms with Gasteiger partial charge in [0.15, 0.2) is 5.58 Å². The Bertz CT molecular complexity index is 1390. The molecule has 142 valence electrons. The smallest absolute Gasteiger partial charge is 0.267 e. The average molecular weight is 484 g/mol. The molecule has 4 nitrogen and oxygen atoms in total. The number of oxazole rings is 1. The van der Waals surface area contributed by atoms with Gasteiger partial charge in [-0.15, -0.1) is 11.3 Å². The van der Waals surface area contributed by atoms with Crippen LogP contribution in [0, 0.1) is 0 Å². The summed E-state index contributed by atoms with van der Waals surface area (Å²) in [7, 11) is 0. The molecule has 1 N–H and O–H groups in total. The molecule has 0 saturated carbocycles. The number of benzene rings is 3. The maximum absolute atomic E-state index is 12.8. The van der Waals surface area contributed by atoms with Crippen LogP contribution in [0.4, 0.5) is 5.69 Å². The molecule has 0 bridgehead atoms. The van der Waals surface area contributed by atoms with E-state index >= 15 is 0 Å². The third-order valence-corrected chi connectivity index (χ3v) is 6.63. The van der Waals surface area contributed by atoms with Crippen molar-refractivity contribution in [3.63, 3.8) is 0 Å². The minimum atomic E-state index is -0.244. The molecule has 0 aliphatic heterocycles. The van der Waals surface area contributed by atoms with E-state index in [1.807, 2.05) is 48.5 Å². The number of hydrogen-bond acceptors (Lipinski definition) is 4. The number of halogens is 2. The van der Waals surface area contributed by atoms with Crippen LogP contribution in [0.25, 0.3) is 32.6 Å². The molecule has 0 aliphatic rings. The largest absolute Gasteiger partial charge is 0.436 e. The van der Waals surface area contributed by atoms with E-state index in [0.29, 0.717) is 32.6 Å². The van der Waals surface area contributed by atoms with Crippen LogP contribution in [0.2, 0.25) is 5.02 Å². The highest BCUT2D eigenvalue weighted by Gasteiger charge is 2.17. The lowest BCUT2D eigenvalue weighted by Crippen LogP contribution is -2.10. The zero-order chi connectivity index (χ0) is 20.0. The molecular weight excluding hydrogens is 472 g/mol. The Balaban J connectivity index is 1.45. The van der Waals surface area contributed by atoms with Gasteiger partial charge < -0.3 is 9.73 Å². The van der Waals surface area contributed by atoms with Crippen molar-refractivity contribution in [2.45, 2.75) is 0 Å².